The monoisotopic (exact) mass is 266 g/mol. The van der Waals surface area contributed by atoms with Gasteiger partial charge in [0.05, 0.1) is 17.8 Å². The van der Waals surface area contributed by atoms with Crippen molar-refractivity contribution in [3.63, 3.8) is 0 Å². The Morgan fingerprint density at radius 2 is 2.12 bits per heavy atom. The van der Waals surface area contributed by atoms with Crippen molar-refractivity contribution in [2.24, 2.45) is 7.05 Å². The normalized spacial score (nSPS) is 10.8. The summed E-state index contributed by atoms with van der Waals surface area (Å²) in [5.41, 5.74) is 3.73. The third-order valence-electron chi connectivity index (χ3n) is 2.80. The van der Waals surface area contributed by atoms with Gasteiger partial charge in [0, 0.05) is 12.8 Å². The second-order valence-electron chi connectivity index (χ2n) is 3.94. The molecular formula is C13H15ClN2S. The number of aryl methyl sites for hydroxylation is 1. The summed E-state index contributed by atoms with van der Waals surface area (Å²) in [6.45, 7) is 2.14. The van der Waals surface area contributed by atoms with E-state index in [0.717, 1.165) is 16.6 Å². The summed E-state index contributed by atoms with van der Waals surface area (Å²) in [5.74, 6) is 1.45. The number of hydrogen-bond donors (Lipinski definition) is 0. The second kappa shape index (κ2) is 5.61. The van der Waals surface area contributed by atoms with E-state index in [4.69, 9.17) is 11.6 Å². The highest BCUT2D eigenvalue weighted by Crippen LogP contribution is 2.23. The molecule has 2 rings (SSSR count). The lowest BCUT2D eigenvalue weighted by molar-refractivity contribution is 0.761. The first-order chi connectivity index (χ1) is 8.22. The van der Waals surface area contributed by atoms with Gasteiger partial charge >= 0.3 is 0 Å². The Hall–Kier alpha value is -0.930. The first-order valence-corrected chi connectivity index (χ1v) is 6.98. The molecule has 0 unspecified atom stereocenters. The number of hydrogen-bond acceptors (Lipinski definition) is 2. The quantitative estimate of drug-likeness (QED) is 0.619. The van der Waals surface area contributed by atoms with Gasteiger partial charge in [-0.1, -0.05) is 36.0 Å². The van der Waals surface area contributed by atoms with Crippen molar-refractivity contribution >= 4 is 23.4 Å². The lowest BCUT2D eigenvalue weighted by Gasteiger charge is -2.06. The van der Waals surface area contributed by atoms with E-state index in [9.17, 15) is 0 Å². The van der Waals surface area contributed by atoms with Crippen LogP contribution in [0, 0.1) is 6.92 Å². The van der Waals surface area contributed by atoms with Gasteiger partial charge in [-0.15, -0.1) is 11.6 Å². The first-order valence-electron chi connectivity index (χ1n) is 5.46. The molecule has 0 N–H and O–H groups in total. The van der Waals surface area contributed by atoms with Gasteiger partial charge in [0.15, 0.2) is 5.16 Å². The Morgan fingerprint density at radius 1 is 1.35 bits per heavy atom. The molecule has 1 heterocycles. The molecule has 0 saturated carbocycles. The number of benzene rings is 1. The Morgan fingerprint density at radius 3 is 2.76 bits per heavy atom. The molecule has 0 atom stereocenters. The van der Waals surface area contributed by atoms with Crippen molar-refractivity contribution in [3.05, 3.63) is 47.3 Å². The molecule has 0 saturated heterocycles. The van der Waals surface area contributed by atoms with Crippen LogP contribution in [0.3, 0.4) is 0 Å². The van der Waals surface area contributed by atoms with Crippen LogP contribution in [0.1, 0.15) is 16.8 Å². The zero-order chi connectivity index (χ0) is 12.3. The molecule has 2 aromatic rings. The van der Waals surface area contributed by atoms with Gasteiger partial charge in [-0.3, -0.25) is 0 Å². The van der Waals surface area contributed by atoms with Crippen LogP contribution in [0.25, 0.3) is 0 Å². The minimum Gasteiger partial charge on any atom is -0.325 e. The van der Waals surface area contributed by atoms with E-state index in [-0.39, 0.29) is 0 Å². The van der Waals surface area contributed by atoms with E-state index in [1.54, 1.807) is 11.8 Å². The Kier molecular flexibility index (Phi) is 4.13. The molecule has 17 heavy (non-hydrogen) atoms. The lowest BCUT2D eigenvalue weighted by atomic mass is 10.1. The van der Waals surface area contributed by atoms with E-state index >= 15 is 0 Å². The standard InChI is InChI=1S/C13H15ClN2S/c1-10-5-3-4-6-11(10)9-17-13-15-8-12(7-14)16(13)2/h3-6,8H,7,9H2,1-2H3. The summed E-state index contributed by atoms with van der Waals surface area (Å²) < 4.78 is 2.05. The van der Waals surface area contributed by atoms with Crippen LogP contribution in [-0.4, -0.2) is 9.55 Å². The Balaban J connectivity index is 2.07. The number of rotatable bonds is 4. The fourth-order valence-corrected chi connectivity index (χ4v) is 2.89. The van der Waals surface area contributed by atoms with Crippen molar-refractivity contribution in [1.29, 1.82) is 0 Å². The molecular weight excluding hydrogens is 252 g/mol. The van der Waals surface area contributed by atoms with Crippen molar-refractivity contribution < 1.29 is 0 Å². The molecule has 0 radical (unpaired) electrons. The van der Waals surface area contributed by atoms with Gasteiger partial charge < -0.3 is 4.57 Å². The SMILES string of the molecule is Cc1ccccc1CSc1ncc(CCl)n1C. The summed E-state index contributed by atoms with van der Waals surface area (Å²) in [4.78, 5) is 4.37. The molecule has 0 spiro atoms. The third kappa shape index (κ3) is 2.85. The average Bonchev–Trinajstić information content (AvgIpc) is 2.69. The van der Waals surface area contributed by atoms with Crippen LogP contribution in [0.5, 0.6) is 0 Å². The van der Waals surface area contributed by atoms with Crippen LogP contribution in [0.15, 0.2) is 35.6 Å². The zero-order valence-corrected chi connectivity index (χ0v) is 11.6. The maximum Gasteiger partial charge on any atom is 0.168 e. The van der Waals surface area contributed by atoms with Gasteiger partial charge in [-0.2, -0.15) is 0 Å². The predicted octanol–water partition coefficient (Wildman–Crippen LogP) is 3.76. The largest absolute Gasteiger partial charge is 0.325 e. The van der Waals surface area contributed by atoms with Gasteiger partial charge in [0.25, 0.3) is 0 Å². The van der Waals surface area contributed by atoms with Crippen LogP contribution in [0.2, 0.25) is 0 Å². The van der Waals surface area contributed by atoms with Gasteiger partial charge in [-0.25, -0.2) is 4.98 Å². The predicted molar refractivity (Wildman–Crippen MR) is 73.5 cm³/mol. The number of alkyl halides is 1. The highest BCUT2D eigenvalue weighted by Gasteiger charge is 2.07. The summed E-state index contributed by atoms with van der Waals surface area (Å²) in [5, 5.41) is 1.02. The molecule has 2 nitrogen and oxygen atoms in total. The molecule has 0 aliphatic carbocycles. The Labute approximate surface area is 111 Å². The summed E-state index contributed by atoms with van der Waals surface area (Å²) in [7, 11) is 2.00. The molecule has 0 aliphatic rings. The lowest BCUT2D eigenvalue weighted by Crippen LogP contribution is -1.96. The van der Waals surface area contributed by atoms with Gasteiger partial charge in [-0.05, 0) is 18.1 Å². The zero-order valence-electron chi connectivity index (χ0n) is 9.98. The van der Waals surface area contributed by atoms with E-state index in [0.29, 0.717) is 5.88 Å². The molecule has 4 heteroatoms. The van der Waals surface area contributed by atoms with Gasteiger partial charge in [0.1, 0.15) is 0 Å². The Bertz CT molecular complexity index is 508. The van der Waals surface area contributed by atoms with E-state index in [1.165, 1.54) is 11.1 Å². The van der Waals surface area contributed by atoms with Crippen LogP contribution < -0.4 is 0 Å². The highest BCUT2D eigenvalue weighted by atomic mass is 35.5. The third-order valence-corrected chi connectivity index (χ3v) is 4.16. The van der Waals surface area contributed by atoms with Gasteiger partial charge in [0.2, 0.25) is 0 Å². The molecule has 1 aromatic heterocycles. The molecule has 1 aromatic carbocycles. The smallest absolute Gasteiger partial charge is 0.168 e. The molecule has 90 valence electrons. The van der Waals surface area contributed by atoms with Crippen LogP contribution in [0.4, 0.5) is 0 Å². The topological polar surface area (TPSA) is 17.8 Å². The fraction of sp³-hybridized carbons (Fsp3) is 0.308. The highest BCUT2D eigenvalue weighted by molar-refractivity contribution is 7.98. The molecule has 0 bridgehead atoms. The molecule has 0 fully saturated rings. The van der Waals surface area contributed by atoms with E-state index < -0.39 is 0 Å². The maximum absolute atomic E-state index is 5.82. The van der Waals surface area contributed by atoms with Crippen molar-refractivity contribution in [2.45, 2.75) is 23.7 Å². The van der Waals surface area contributed by atoms with Crippen LogP contribution >= 0.6 is 23.4 Å². The maximum atomic E-state index is 5.82. The number of thioether (sulfide) groups is 1. The summed E-state index contributed by atoms with van der Waals surface area (Å²) in [6.07, 6.45) is 1.84. The van der Waals surface area contributed by atoms with Crippen molar-refractivity contribution in [1.82, 2.24) is 9.55 Å². The summed E-state index contributed by atoms with van der Waals surface area (Å²) >= 11 is 7.56. The number of aromatic nitrogens is 2. The minimum absolute atomic E-state index is 0.508. The number of nitrogens with zero attached hydrogens (tertiary/aromatic N) is 2. The second-order valence-corrected chi connectivity index (χ2v) is 5.15. The van der Waals surface area contributed by atoms with Crippen molar-refractivity contribution in [2.75, 3.05) is 0 Å². The number of imidazole rings is 1. The van der Waals surface area contributed by atoms with E-state index in [1.807, 2.05) is 13.2 Å². The summed E-state index contributed by atoms with van der Waals surface area (Å²) in [6, 6.07) is 8.44. The number of halogens is 1. The minimum atomic E-state index is 0.508. The van der Waals surface area contributed by atoms with Crippen molar-refractivity contribution in [3.8, 4) is 0 Å². The molecule has 0 aliphatic heterocycles. The molecule has 0 amide bonds. The first kappa shape index (κ1) is 12.5. The van der Waals surface area contributed by atoms with Crippen LogP contribution in [-0.2, 0) is 18.7 Å². The fourth-order valence-electron chi connectivity index (χ4n) is 1.60. The van der Waals surface area contributed by atoms with E-state index in [2.05, 4.69) is 40.7 Å². The average molecular weight is 267 g/mol.